The number of anilines is 1. The van der Waals surface area contributed by atoms with E-state index in [4.69, 9.17) is 10.6 Å². The average molecular weight is 319 g/mol. The monoisotopic (exact) mass is 318 g/mol. The van der Waals surface area contributed by atoms with E-state index in [1.807, 2.05) is 0 Å². The molecule has 0 amide bonds. The normalized spacial score (nSPS) is 11.4. The van der Waals surface area contributed by atoms with Crippen LogP contribution in [0.5, 0.6) is 0 Å². The minimum Gasteiger partial charge on any atom is -0.385 e. The summed E-state index contributed by atoms with van der Waals surface area (Å²) in [5, 5.41) is 2.78. The topological polar surface area (TPSA) is 71.7 Å². The summed E-state index contributed by atoms with van der Waals surface area (Å²) in [5.74, 6) is 5.25. The molecular formula is C11H16BrFN4O. The Morgan fingerprint density at radius 1 is 1.56 bits per heavy atom. The Morgan fingerprint density at radius 3 is 3.00 bits per heavy atom. The van der Waals surface area contributed by atoms with Crippen molar-refractivity contribution in [3.8, 4) is 0 Å². The summed E-state index contributed by atoms with van der Waals surface area (Å²) < 4.78 is 19.2. The molecule has 0 heterocycles. The van der Waals surface area contributed by atoms with Crippen molar-refractivity contribution in [3.63, 3.8) is 0 Å². The fourth-order valence-electron chi connectivity index (χ4n) is 1.24. The van der Waals surface area contributed by atoms with Crippen LogP contribution in [0.3, 0.4) is 0 Å². The number of benzene rings is 1. The molecule has 0 radical (unpaired) electrons. The first-order valence-corrected chi connectivity index (χ1v) is 6.18. The smallest absolute Gasteiger partial charge is 0.210 e. The Kier molecular flexibility index (Phi) is 6.63. The summed E-state index contributed by atoms with van der Waals surface area (Å²) >= 11 is 3.27. The van der Waals surface area contributed by atoms with Crippen LogP contribution in [-0.4, -0.2) is 26.2 Å². The van der Waals surface area contributed by atoms with Crippen molar-refractivity contribution in [2.24, 2.45) is 10.8 Å². The molecule has 0 aliphatic heterocycles. The van der Waals surface area contributed by atoms with Crippen LogP contribution in [0.2, 0.25) is 0 Å². The lowest BCUT2D eigenvalue weighted by atomic mass is 10.3. The number of methoxy groups -OCH3 is 1. The zero-order valence-electron chi connectivity index (χ0n) is 10.0. The van der Waals surface area contributed by atoms with Gasteiger partial charge in [0.1, 0.15) is 5.82 Å². The molecule has 4 N–H and O–H groups in total. The van der Waals surface area contributed by atoms with E-state index >= 15 is 0 Å². The lowest BCUT2D eigenvalue weighted by Gasteiger charge is -2.10. The van der Waals surface area contributed by atoms with Gasteiger partial charge in [-0.05, 0) is 24.6 Å². The van der Waals surface area contributed by atoms with Crippen molar-refractivity contribution in [1.82, 2.24) is 5.43 Å². The van der Waals surface area contributed by atoms with Crippen LogP contribution in [0.1, 0.15) is 6.42 Å². The summed E-state index contributed by atoms with van der Waals surface area (Å²) in [5.41, 5.74) is 2.69. The highest BCUT2D eigenvalue weighted by molar-refractivity contribution is 9.10. The van der Waals surface area contributed by atoms with Crippen LogP contribution in [0.15, 0.2) is 27.7 Å². The number of halogens is 2. The Hall–Kier alpha value is -1.18. The zero-order chi connectivity index (χ0) is 13.4. The maximum atomic E-state index is 13.5. The van der Waals surface area contributed by atoms with Crippen molar-refractivity contribution in [1.29, 1.82) is 0 Å². The van der Waals surface area contributed by atoms with E-state index in [1.54, 1.807) is 19.2 Å². The van der Waals surface area contributed by atoms with Gasteiger partial charge in [-0.3, -0.25) is 10.4 Å². The molecule has 5 nitrogen and oxygen atoms in total. The molecule has 0 fully saturated rings. The van der Waals surface area contributed by atoms with Gasteiger partial charge < -0.3 is 10.1 Å². The fourth-order valence-corrected chi connectivity index (χ4v) is 1.60. The lowest BCUT2D eigenvalue weighted by molar-refractivity contribution is 0.197. The maximum absolute atomic E-state index is 13.5. The minimum absolute atomic E-state index is 0.299. The summed E-state index contributed by atoms with van der Waals surface area (Å²) in [6.07, 6.45) is 0.768. The van der Waals surface area contributed by atoms with Gasteiger partial charge in [-0.15, -0.1) is 0 Å². The van der Waals surface area contributed by atoms with Crippen molar-refractivity contribution in [3.05, 3.63) is 28.5 Å². The number of aliphatic imine (C=N–C) groups is 1. The van der Waals surface area contributed by atoms with Gasteiger partial charge in [0.2, 0.25) is 5.96 Å². The second-order valence-corrected chi connectivity index (χ2v) is 4.39. The van der Waals surface area contributed by atoms with Gasteiger partial charge in [0, 0.05) is 24.7 Å². The summed E-state index contributed by atoms with van der Waals surface area (Å²) in [7, 11) is 1.63. The number of guanidine groups is 1. The lowest BCUT2D eigenvalue weighted by Crippen LogP contribution is -2.36. The molecular weight excluding hydrogens is 303 g/mol. The Labute approximate surface area is 114 Å². The third-order valence-corrected chi connectivity index (χ3v) is 2.59. The Bertz CT molecular complexity index is 414. The van der Waals surface area contributed by atoms with Crippen molar-refractivity contribution in [2.45, 2.75) is 6.42 Å². The van der Waals surface area contributed by atoms with Crippen LogP contribution in [-0.2, 0) is 4.74 Å². The molecule has 0 aliphatic rings. The number of nitrogens with two attached hydrogens (primary N) is 1. The highest BCUT2D eigenvalue weighted by atomic mass is 79.9. The largest absolute Gasteiger partial charge is 0.385 e. The molecule has 0 aromatic heterocycles. The van der Waals surface area contributed by atoms with Crippen LogP contribution >= 0.6 is 15.9 Å². The molecule has 0 bridgehead atoms. The Morgan fingerprint density at radius 2 is 2.33 bits per heavy atom. The molecule has 0 unspecified atom stereocenters. The molecule has 100 valence electrons. The number of hydrogen-bond donors (Lipinski definition) is 3. The first-order valence-electron chi connectivity index (χ1n) is 5.39. The van der Waals surface area contributed by atoms with Crippen molar-refractivity contribution in [2.75, 3.05) is 25.6 Å². The second kappa shape index (κ2) is 8.02. The minimum atomic E-state index is -0.377. The third kappa shape index (κ3) is 4.99. The van der Waals surface area contributed by atoms with E-state index in [0.29, 0.717) is 24.8 Å². The molecule has 1 rings (SSSR count). The molecule has 0 spiro atoms. The molecule has 0 saturated carbocycles. The van der Waals surface area contributed by atoms with Gasteiger partial charge in [-0.25, -0.2) is 10.2 Å². The summed E-state index contributed by atoms with van der Waals surface area (Å²) in [4.78, 5) is 4.15. The predicted octanol–water partition coefficient (Wildman–Crippen LogP) is 1.86. The van der Waals surface area contributed by atoms with Gasteiger partial charge >= 0.3 is 0 Å². The molecule has 0 atom stereocenters. The Balaban J connectivity index is 2.64. The highest BCUT2D eigenvalue weighted by Gasteiger charge is 2.04. The first-order chi connectivity index (χ1) is 8.67. The second-order valence-electron chi connectivity index (χ2n) is 3.47. The molecule has 7 heteroatoms. The van der Waals surface area contributed by atoms with Gasteiger partial charge in [0.15, 0.2) is 0 Å². The van der Waals surface area contributed by atoms with Gasteiger partial charge in [0.25, 0.3) is 0 Å². The van der Waals surface area contributed by atoms with E-state index in [0.717, 1.165) is 10.9 Å². The molecule has 18 heavy (non-hydrogen) atoms. The standard InChI is InChI=1S/C11H16BrFN4O/c1-18-6-2-5-15-11(17-14)16-10-7-8(12)3-4-9(10)13/h3-4,7H,2,5-6,14H2,1H3,(H2,15,16,17). The number of hydrogen-bond acceptors (Lipinski definition) is 3. The predicted molar refractivity (Wildman–Crippen MR) is 73.8 cm³/mol. The van der Waals surface area contributed by atoms with Crippen LogP contribution in [0.25, 0.3) is 0 Å². The third-order valence-electron chi connectivity index (χ3n) is 2.09. The van der Waals surface area contributed by atoms with E-state index in [2.05, 4.69) is 31.7 Å². The summed E-state index contributed by atoms with van der Waals surface area (Å²) in [6.45, 7) is 1.16. The fraction of sp³-hybridized carbons (Fsp3) is 0.364. The van der Waals surface area contributed by atoms with Crippen LogP contribution < -0.4 is 16.6 Å². The van der Waals surface area contributed by atoms with Crippen molar-refractivity contribution >= 4 is 27.6 Å². The number of hydrazine groups is 1. The zero-order valence-corrected chi connectivity index (χ0v) is 11.6. The maximum Gasteiger partial charge on any atom is 0.210 e. The first kappa shape index (κ1) is 14.9. The van der Waals surface area contributed by atoms with E-state index in [-0.39, 0.29) is 5.82 Å². The molecule has 0 aliphatic carbocycles. The molecule has 1 aromatic rings. The van der Waals surface area contributed by atoms with E-state index < -0.39 is 0 Å². The van der Waals surface area contributed by atoms with Crippen LogP contribution in [0.4, 0.5) is 10.1 Å². The highest BCUT2D eigenvalue weighted by Crippen LogP contribution is 2.19. The van der Waals surface area contributed by atoms with E-state index in [9.17, 15) is 4.39 Å². The number of nitrogens with one attached hydrogen (secondary N) is 2. The van der Waals surface area contributed by atoms with Crippen LogP contribution in [0, 0.1) is 5.82 Å². The van der Waals surface area contributed by atoms with Crippen molar-refractivity contribution < 1.29 is 9.13 Å². The average Bonchev–Trinajstić information content (AvgIpc) is 2.37. The van der Waals surface area contributed by atoms with Gasteiger partial charge in [0.05, 0.1) is 5.69 Å². The van der Waals surface area contributed by atoms with E-state index in [1.165, 1.54) is 6.07 Å². The quantitative estimate of drug-likeness (QED) is 0.255. The number of nitrogens with zero attached hydrogens (tertiary/aromatic N) is 1. The number of ether oxygens (including phenoxy) is 1. The molecule has 1 aromatic carbocycles. The summed E-state index contributed by atoms with van der Waals surface area (Å²) in [6, 6.07) is 4.58. The molecule has 0 saturated heterocycles. The SMILES string of the molecule is COCCCN=C(NN)Nc1cc(Br)ccc1F. The number of rotatable bonds is 5. The van der Waals surface area contributed by atoms with Gasteiger partial charge in [-0.1, -0.05) is 15.9 Å². The van der Waals surface area contributed by atoms with Gasteiger partial charge in [-0.2, -0.15) is 0 Å².